The second-order valence-electron chi connectivity index (χ2n) is 8.46. The average Bonchev–Trinajstić information content (AvgIpc) is 3.09. The van der Waals surface area contributed by atoms with E-state index in [1.54, 1.807) is 6.07 Å². The second-order valence-corrected chi connectivity index (χ2v) is 8.46. The number of H-pyrrole nitrogens is 1. The summed E-state index contributed by atoms with van der Waals surface area (Å²) in [7, 11) is 0. The molecule has 158 valence electrons. The molecule has 3 N–H and O–H groups in total. The van der Waals surface area contributed by atoms with Gasteiger partial charge in [-0.3, -0.25) is 0 Å². The van der Waals surface area contributed by atoms with Crippen LogP contribution in [0.2, 0.25) is 0 Å². The van der Waals surface area contributed by atoms with E-state index in [1.165, 1.54) is 23.5 Å². The lowest BCUT2D eigenvalue weighted by molar-refractivity contribution is 0.438. The number of rotatable bonds is 4. The number of hydrogen-bond donors (Lipinski definition) is 3. The monoisotopic (exact) mass is 408 g/mol. The van der Waals surface area contributed by atoms with Crippen LogP contribution in [0.1, 0.15) is 45.1 Å². The number of nitrogens with zero attached hydrogens (tertiary/aromatic N) is 3. The summed E-state index contributed by atoms with van der Waals surface area (Å²) in [4.78, 5) is 14.9. The molecule has 0 bridgehead atoms. The number of phenolic OH excluding ortho intramolecular Hbond substituents is 2. The molecule has 0 amide bonds. The van der Waals surface area contributed by atoms with E-state index >= 15 is 0 Å². The van der Waals surface area contributed by atoms with Gasteiger partial charge in [-0.15, -0.1) is 0 Å². The van der Waals surface area contributed by atoms with E-state index < -0.39 is 0 Å². The van der Waals surface area contributed by atoms with E-state index in [0.717, 1.165) is 24.7 Å². The predicted octanol–water partition coefficient (Wildman–Crippen LogP) is 4.00. The van der Waals surface area contributed by atoms with E-state index in [2.05, 4.69) is 22.0 Å². The minimum atomic E-state index is -0.386. The maximum atomic E-state index is 12.5. The number of nitrogens with one attached hydrogen (secondary N) is 1. The molecule has 1 saturated heterocycles. The van der Waals surface area contributed by atoms with Crippen LogP contribution in [0.3, 0.4) is 0 Å². The first-order chi connectivity index (χ1) is 14.3. The molecule has 4 rings (SSSR count). The molecular weight excluding hydrogens is 380 g/mol. The quantitative estimate of drug-likeness (QED) is 0.607. The van der Waals surface area contributed by atoms with Gasteiger partial charge < -0.3 is 15.1 Å². The molecule has 0 unspecified atom stereocenters. The topological polar surface area (TPSA) is 94.4 Å². The van der Waals surface area contributed by atoms with Crippen molar-refractivity contribution in [3.05, 3.63) is 52.4 Å². The summed E-state index contributed by atoms with van der Waals surface area (Å²) < 4.78 is 1.44. The molecule has 1 aliphatic heterocycles. The summed E-state index contributed by atoms with van der Waals surface area (Å²) in [5.41, 5.74) is 2.49. The Morgan fingerprint density at radius 3 is 2.30 bits per heavy atom. The molecule has 0 spiro atoms. The molecular formula is C23H28N4O3. The van der Waals surface area contributed by atoms with Crippen LogP contribution >= 0.6 is 0 Å². The van der Waals surface area contributed by atoms with Gasteiger partial charge in [0.1, 0.15) is 11.5 Å². The summed E-state index contributed by atoms with van der Waals surface area (Å²) in [5, 5.41) is 27.2. The summed E-state index contributed by atoms with van der Waals surface area (Å²) in [6.07, 6.45) is 2.37. The molecule has 7 nitrogen and oxygen atoms in total. The Bertz CT molecular complexity index is 1090. The number of aromatic amines is 1. The summed E-state index contributed by atoms with van der Waals surface area (Å²) >= 11 is 0. The number of hydrogen-bond acceptors (Lipinski definition) is 5. The zero-order valence-corrected chi connectivity index (χ0v) is 17.6. The van der Waals surface area contributed by atoms with Crippen molar-refractivity contribution in [2.45, 2.75) is 39.5 Å². The van der Waals surface area contributed by atoms with Crippen molar-refractivity contribution in [1.29, 1.82) is 0 Å². The number of anilines is 1. The van der Waals surface area contributed by atoms with Crippen LogP contribution in [0.5, 0.6) is 11.5 Å². The highest BCUT2D eigenvalue weighted by molar-refractivity contribution is 5.69. The number of benzene rings is 2. The van der Waals surface area contributed by atoms with Gasteiger partial charge in [-0.05, 0) is 60.6 Å². The molecule has 3 aromatic rings. The number of phenols is 2. The molecule has 1 aromatic heterocycles. The molecule has 1 fully saturated rings. The summed E-state index contributed by atoms with van der Waals surface area (Å²) in [6, 6.07) is 10.8. The Morgan fingerprint density at radius 2 is 1.67 bits per heavy atom. The largest absolute Gasteiger partial charge is 0.508 e. The van der Waals surface area contributed by atoms with Crippen molar-refractivity contribution >= 4 is 5.69 Å². The van der Waals surface area contributed by atoms with Crippen molar-refractivity contribution in [2.24, 2.45) is 5.92 Å². The Morgan fingerprint density at radius 1 is 1.03 bits per heavy atom. The summed E-state index contributed by atoms with van der Waals surface area (Å²) in [5.74, 6) is 1.02. The molecule has 30 heavy (non-hydrogen) atoms. The highest BCUT2D eigenvalue weighted by Crippen LogP contribution is 2.37. The third-order valence-corrected chi connectivity index (χ3v) is 5.94. The lowest BCUT2D eigenvalue weighted by atomic mass is 9.98. The minimum absolute atomic E-state index is 0.0240. The molecule has 0 saturated carbocycles. The van der Waals surface area contributed by atoms with Crippen molar-refractivity contribution < 1.29 is 10.2 Å². The first-order valence-corrected chi connectivity index (χ1v) is 10.4. The van der Waals surface area contributed by atoms with Crippen molar-refractivity contribution in [1.82, 2.24) is 14.8 Å². The van der Waals surface area contributed by atoms with Crippen LogP contribution in [0.4, 0.5) is 5.69 Å². The first-order valence-electron chi connectivity index (χ1n) is 10.4. The fourth-order valence-corrected chi connectivity index (χ4v) is 4.03. The van der Waals surface area contributed by atoms with Crippen LogP contribution in [-0.2, 0) is 0 Å². The number of aromatic nitrogens is 3. The smallest absolute Gasteiger partial charge is 0.348 e. The van der Waals surface area contributed by atoms with Gasteiger partial charge in [0, 0.05) is 24.8 Å². The second kappa shape index (κ2) is 7.89. The number of piperidine rings is 1. The fourth-order valence-electron chi connectivity index (χ4n) is 4.03. The predicted molar refractivity (Wildman–Crippen MR) is 118 cm³/mol. The van der Waals surface area contributed by atoms with Crippen LogP contribution < -0.4 is 10.6 Å². The average molecular weight is 409 g/mol. The number of aromatic hydroxyl groups is 2. The van der Waals surface area contributed by atoms with E-state index in [-0.39, 0.29) is 23.1 Å². The Labute approximate surface area is 175 Å². The molecule has 0 atom stereocenters. The van der Waals surface area contributed by atoms with Crippen molar-refractivity contribution in [3.63, 3.8) is 0 Å². The van der Waals surface area contributed by atoms with Crippen LogP contribution in [0.25, 0.3) is 17.1 Å². The third kappa shape index (κ3) is 3.67. The highest BCUT2D eigenvalue weighted by atomic mass is 16.3. The maximum Gasteiger partial charge on any atom is 0.348 e. The molecule has 2 aromatic carbocycles. The Hall–Kier alpha value is -3.22. The van der Waals surface area contributed by atoms with E-state index in [9.17, 15) is 15.0 Å². The fraction of sp³-hybridized carbons (Fsp3) is 0.391. The Kier molecular flexibility index (Phi) is 5.28. The van der Waals surface area contributed by atoms with Gasteiger partial charge in [0.2, 0.25) is 0 Å². The lowest BCUT2D eigenvalue weighted by Crippen LogP contribution is -2.32. The molecule has 0 aliphatic carbocycles. The highest BCUT2D eigenvalue weighted by Gasteiger charge is 2.20. The van der Waals surface area contributed by atoms with Crippen LogP contribution in [0, 0.1) is 5.92 Å². The normalized spacial score (nSPS) is 15.1. The Balaban J connectivity index is 1.72. The van der Waals surface area contributed by atoms with Gasteiger partial charge in [0.15, 0.2) is 5.82 Å². The van der Waals surface area contributed by atoms with Gasteiger partial charge in [-0.2, -0.15) is 5.10 Å². The van der Waals surface area contributed by atoms with E-state index in [1.807, 2.05) is 38.1 Å². The zero-order chi connectivity index (χ0) is 21.4. The third-order valence-electron chi connectivity index (χ3n) is 5.94. The molecule has 1 aliphatic rings. The zero-order valence-electron chi connectivity index (χ0n) is 17.6. The van der Waals surface area contributed by atoms with Crippen molar-refractivity contribution in [2.75, 3.05) is 18.0 Å². The standard InChI is InChI=1S/C23H28N4O3/c1-14(2)18-12-19(21(29)13-20(18)28)22-24-25-23(30)27(22)17-6-4-16(5-7-17)26-10-8-15(3)9-11-26/h4-7,12-15,28-29H,8-11H2,1-3H3,(H,25,30). The lowest BCUT2D eigenvalue weighted by Gasteiger charge is -2.32. The minimum Gasteiger partial charge on any atom is -0.508 e. The maximum absolute atomic E-state index is 12.5. The van der Waals surface area contributed by atoms with E-state index in [0.29, 0.717) is 22.6 Å². The van der Waals surface area contributed by atoms with Crippen molar-refractivity contribution in [3.8, 4) is 28.6 Å². The SMILES string of the molecule is CC1CCN(c2ccc(-n3c(-c4cc(C(C)C)c(O)cc4O)n[nH]c3=O)cc2)CC1. The molecule has 0 radical (unpaired) electrons. The van der Waals surface area contributed by atoms with E-state index in [4.69, 9.17) is 0 Å². The van der Waals surface area contributed by atoms with Gasteiger partial charge >= 0.3 is 5.69 Å². The van der Waals surface area contributed by atoms with Gasteiger partial charge in [-0.25, -0.2) is 14.5 Å². The van der Waals surface area contributed by atoms with Gasteiger partial charge in [-0.1, -0.05) is 20.8 Å². The first kappa shape index (κ1) is 20.1. The van der Waals surface area contributed by atoms with Crippen LogP contribution in [0.15, 0.2) is 41.2 Å². The summed E-state index contributed by atoms with van der Waals surface area (Å²) in [6.45, 7) is 8.27. The van der Waals surface area contributed by atoms with Crippen LogP contribution in [-0.4, -0.2) is 38.1 Å². The molecule has 2 heterocycles. The molecule has 7 heteroatoms. The van der Waals surface area contributed by atoms with Gasteiger partial charge in [0.25, 0.3) is 0 Å². The van der Waals surface area contributed by atoms with Gasteiger partial charge in [0.05, 0.1) is 11.3 Å².